The lowest BCUT2D eigenvalue weighted by Crippen LogP contribution is -2.28. The molecule has 0 saturated heterocycles. The fourth-order valence-corrected chi connectivity index (χ4v) is 4.78. The number of pyridine rings is 1. The van der Waals surface area contributed by atoms with Crippen molar-refractivity contribution in [3.8, 4) is 16.9 Å². The summed E-state index contributed by atoms with van der Waals surface area (Å²) in [5, 5.41) is 11.3. The van der Waals surface area contributed by atoms with Crippen LogP contribution >= 0.6 is 0 Å². The van der Waals surface area contributed by atoms with E-state index in [1.165, 1.54) is 5.56 Å². The summed E-state index contributed by atoms with van der Waals surface area (Å²) >= 11 is 0. The van der Waals surface area contributed by atoms with Crippen LogP contribution in [0.1, 0.15) is 61.6 Å². The average molecular weight is 472 g/mol. The standard InChI is InChI=1S/C30H33NO4/c1-17(2)8-9-21-18(3)16-19(4)24(28(29(32)33)35-30(5,6)7)26(21)22-10-11-23-25-20(13-15-34-23)12-14-31-27(22)25/h8-12,14,16,28H,1,13,15H2,2-7H3,(H,32,33). The van der Waals surface area contributed by atoms with Crippen molar-refractivity contribution in [3.05, 3.63) is 76.5 Å². The zero-order chi connectivity index (χ0) is 25.5. The molecule has 0 fully saturated rings. The van der Waals surface area contributed by atoms with Gasteiger partial charge in [0.1, 0.15) is 5.75 Å². The zero-order valence-corrected chi connectivity index (χ0v) is 21.4. The van der Waals surface area contributed by atoms with Crippen molar-refractivity contribution >= 4 is 22.9 Å². The molecule has 3 aromatic rings. The summed E-state index contributed by atoms with van der Waals surface area (Å²) in [5.74, 6) is -0.217. The van der Waals surface area contributed by atoms with Gasteiger partial charge in [-0.3, -0.25) is 4.98 Å². The minimum Gasteiger partial charge on any atom is -0.493 e. The molecule has 0 aliphatic carbocycles. The molecule has 1 aliphatic rings. The fraction of sp³-hybridized carbons (Fsp3) is 0.333. The Bertz CT molecular complexity index is 1350. The quantitative estimate of drug-likeness (QED) is 0.393. The van der Waals surface area contributed by atoms with Gasteiger partial charge in [-0.2, -0.15) is 0 Å². The second-order valence-electron chi connectivity index (χ2n) is 10.2. The van der Waals surface area contributed by atoms with E-state index < -0.39 is 17.7 Å². The van der Waals surface area contributed by atoms with Crippen molar-refractivity contribution in [1.29, 1.82) is 0 Å². The van der Waals surface area contributed by atoms with Crippen LogP contribution in [0.25, 0.3) is 28.1 Å². The highest BCUT2D eigenvalue weighted by Crippen LogP contribution is 2.44. The second-order valence-corrected chi connectivity index (χ2v) is 10.2. The van der Waals surface area contributed by atoms with Crippen LogP contribution < -0.4 is 4.74 Å². The fourth-order valence-electron chi connectivity index (χ4n) is 4.78. The van der Waals surface area contributed by atoms with Gasteiger partial charge in [0.2, 0.25) is 0 Å². The molecular weight excluding hydrogens is 438 g/mol. The molecule has 1 unspecified atom stereocenters. The summed E-state index contributed by atoms with van der Waals surface area (Å²) < 4.78 is 12.1. The van der Waals surface area contributed by atoms with Gasteiger partial charge < -0.3 is 14.6 Å². The van der Waals surface area contributed by atoms with Gasteiger partial charge in [-0.1, -0.05) is 30.4 Å². The van der Waals surface area contributed by atoms with Gasteiger partial charge in [-0.15, -0.1) is 0 Å². The van der Waals surface area contributed by atoms with E-state index in [-0.39, 0.29) is 0 Å². The number of carboxylic acid groups (broad SMARTS) is 1. The molecule has 0 bridgehead atoms. The Kier molecular flexibility index (Phi) is 6.56. The van der Waals surface area contributed by atoms with Crippen molar-refractivity contribution in [1.82, 2.24) is 4.98 Å². The first-order chi connectivity index (χ1) is 16.5. The van der Waals surface area contributed by atoms with Crippen LogP contribution in [0, 0.1) is 13.8 Å². The summed E-state index contributed by atoms with van der Waals surface area (Å²) in [6.45, 7) is 16.2. The number of carbonyl (C=O) groups is 1. The lowest BCUT2D eigenvalue weighted by molar-refractivity contribution is -0.160. The third-order valence-electron chi connectivity index (χ3n) is 6.15. The SMILES string of the molecule is C=C(C)C=Cc1c(C)cc(C)c(C(OC(C)(C)C)C(=O)O)c1-c1ccc2c3c(ccnc13)CCO2. The number of aryl methyl sites for hydroxylation is 2. The molecule has 1 aliphatic heterocycles. The Hall–Kier alpha value is -3.44. The summed E-state index contributed by atoms with van der Waals surface area (Å²) in [4.78, 5) is 17.4. The zero-order valence-electron chi connectivity index (χ0n) is 21.4. The van der Waals surface area contributed by atoms with Gasteiger partial charge in [0.15, 0.2) is 6.10 Å². The van der Waals surface area contributed by atoms with Gasteiger partial charge in [0.05, 0.1) is 17.7 Å². The summed E-state index contributed by atoms with van der Waals surface area (Å²) in [5.41, 5.74) is 7.38. The molecule has 1 aromatic heterocycles. The van der Waals surface area contributed by atoms with Crippen molar-refractivity contribution in [2.45, 2.75) is 59.7 Å². The van der Waals surface area contributed by atoms with Crippen molar-refractivity contribution in [2.24, 2.45) is 0 Å². The van der Waals surface area contributed by atoms with E-state index in [4.69, 9.17) is 14.5 Å². The molecule has 1 N–H and O–H groups in total. The van der Waals surface area contributed by atoms with Crippen molar-refractivity contribution in [3.63, 3.8) is 0 Å². The number of aliphatic carboxylic acids is 1. The normalized spacial score (nSPS) is 14.2. The lowest BCUT2D eigenvalue weighted by Gasteiger charge is -2.29. The molecule has 35 heavy (non-hydrogen) atoms. The number of ether oxygens (including phenoxy) is 2. The number of hydrogen-bond acceptors (Lipinski definition) is 4. The number of nitrogens with zero attached hydrogens (tertiary/aromatic N) is 1. The van der Waals surface area contributed by atoms with E-state index in [1.54, 1.807) is 0 Å². The lowest BCUT2D eigenvalue weighted by atomic mass is 9.84. The predicted octanol–water partition coefficient (Wildman–Crippen LogP) is 6.98. The van der Waals surface area contributed by atoms with Crippen LogP contribution in [0.3, 0.4) is 0 Å². The molecule has 182 valence electrons. The summed E-state index contributed by atoms with van der Waals surface area (Å²) in [7, 11) is 0. The Morgan fingerprint density at radius 2 is 1.97 bits per heavy atom. The Morgan fingerprint density at radius 1 is 1.23 bits per heavy atom. The minimum absolute atomic E-state index is 0.632. The molecule has 2 heterocycles. The number of carboxylic acids is 1. The first-order valence-electron chi connectivity index (χ1n) is 11.9. The van der Waals surface area contributed by atoms with Gasteiger partial charge in [0.25, 0.3) is 0 Å². The van der Waals surface area contributed by atoms with Crippen molar-refractivity contribution < 1.29 is 19.4 Å². The topological polar surface area (TPSA) is 68.7 Å². The number of hydrogen-bond donors (Lipinski definition) is 1. The highest BCUT2D eigenvalue weighted by Gasteiger charge is 2.33. The summed E-state index contributed by atoms with van der Waals surface area (Å²) in [6.07, 6.45) is 5.44. The molecule has 4 rings (SSSR count). The van der Waals surface area contributed by atoms with Crippen LogP contribution in [-0.2, 0) is 16.0 Å². The highest BCUT2D eigenvalue weighted by molar-refractivity contribution is 6.02. The first-order valence-corrected chi connectivity index (χ1v) is 11.9. The van der Waals surface area contributed by atoms with E-state index in [2.05, 4.69) is 6.58 Å². The third-order valence-corrected chi connectivity index (χ3v) is 6.15. The molecule has 0 spiro atoms. The van der Waals surface area contributed by atoms with Gasteiger partial charge in [0, 0.05) is 29.1 Å². The van der Waals surface area contributed by atoms with E-state index >= 15 is 0 Å². The third kappa shape index (κ3) is 4.87. The molecule has 0 amide bonds. The number of benzene rings is 2. The summed E-state index contributed by atoms with van der Waals surface area (Å²) in [6, 6.07) is 8.02. The molecule has 0 radical (unpaired) electrons. The Balaban J connectivity index is 2.14. The second kappa shape index (κ2) is 9.31. The smallest absolute Gasteiger partial charge is 0.337 e. The monoisotopic (exact) mass is 471 g/mol. The van der Waals surface area contributed by atoms with E-state index in [1.807, 2.05) is 84.2 Å². The van der Waals surface area contributed by atoms with Crippen LogP contribution in [0.2, 0.25) is 0 Å². The Labute approximate surface area is 207 Å². The maximum atomic E-state index is 12.6. The highest BCUT2D eigenvalue weighted by atomic mass is 16.5. The number of rotatable bonds is 6. The molecule has 1 atom stereocenters. The van der Waals surface area contributed by atoms with Gasteiger partial charge >= 0.3 is 5.97 Å². The van der Waals surface area contributed by atoms with Crippen LogP contribution in [0.5, 0.6) is 5.75 Å². The van der Waals surface area contributed by atoms with Gasteiger partial charge in [-0.05, 0) is 87.6 Å². The molecular formula is C30H33NO4. The maximum absolute atomic E-state index is 12.6. The molecule has 5 heteroatoms. The maximum Gasteiger partial charge on any atom is 0.337 e. The van der Waals surface area contributed by atoms with E-state index in [0.29, 0.717) is 12.2 Å². The van der Waals surface area contributed by atoms with E-state index in [0.717, 1.165) is 56.5 Å². The van der Waals surface area contributed by atoms with Crippen LogP contribution in [0.4, 0.5) is 0 Å². The first kappa shape index (κ1) is 24.7. The van der Waals surface area contributed by atoms with Crippen molar-refractivity contribution in [2.75, 3.05) is 6.61 Å². The largest absolute Gasteiger partial charge is 0.493 e. The van der Waals surface area contributed by atoms with Crippen LogP contribution in [-0.4, -0.2) is 28.3 Å². The minimum atomic E-state index is -1.15. The number of aromatic nitrogens is 1. The number of allylic oxidation sites excluding steroid dienone is 2. The molecule has 2 aromatic carbocycles. The predicted molar refractivity (Wildman–Crippen MR) is 141 cm³/mol. The average Bonchev–Trinajstić information content (AvgIpc) is 2.77. The molecule has 5 nitrogen and oxygen atoms in total. The Morgan fingerprint density at radius 3 is 2.63 bits per heavy atom. The molecule has 0 saturated carbocycles. The van der Waals surface area contributed by atoms with Gasteiger partial charge in [-0.25, -0.2) is 4.79 Å². The van der Waals surface area contributed by atoms with E-state index in [9.17, 15) is 9.90 Å². The van der Waals surface area contributed by atoms with Crippen LogP contribution in [0.15, 0.2) is 48.7 Å².